The number of halogens is 1. The van der Waals surface area contributed by atoms with Crippen LogP contribution in [0.25, 0.3) is 5.76 Å². The van der Waals surface area contributed by atoms with E-state index in [1.807, 2.05) is 30.3 Å². The quantitative estimate of drug-likeness (QED) is 0.166. The molecule has 1 atom stereocenters. The molecule has 7 nitrogen and oxygen atoms in total. The number of aliphatic hydroxyl groups is 1. The number of Topliss-reactive ketones (excluding diaryl/α,β-unsaturated/α-hetero) is 1. The van der Waals surface area contributed by atoms with Crippen LogP contribution in [-0.4, -0.2) is 33.2 Å². The van der Waals surface area contributed by atoms with Crippen molar-refractivity contribution in [1.82, 2.24) is 4.90 Å². The smallest absolute Gasteiger partial charge is 0.295 e. The number of nitro groups is 1. The summed E-state index contributed by atoms with van der Waals surface area (Å²) in [5, 5.41) is 22.4. The van der Waals surface area contributed by atoms with Gasteiger partial charge in [0.2, 0.25) is 0 Å². The van der Waals surface area contributed by atoms with Gasteiger partial charge in [-0.3, -0.25) is 19.7 Å². The van der Waals surface area contributed by atoms with Gasteiger partial charge < -0.3 is 10.0 Å². The Morgan fingerprint density at radius 3 is 2.36 bits per heavy atom. The third-order valence-corrected chi connectivity index (χ3v) is 6.07. The van der Waals surface area contributed by atoms with E-state index in [-0.39, 0.29) is 23.6 Å². The molecule has 4 rings (SSSR count). The fraction of sp³-hybridized carbons (Fsp3) is 0.120. The molecule has 1 heterocycles. The van der Waals surface area contributed by atoms with Crippen LogP contribution >= 0.6 is 15.9 Å². The summed E-state index contributed by atoms with van der Waals surface area (Å²) in [5.41, 5.74) is 1.48. The molecular formula is C25H19BrN2O5. The monoisotopic (exact) mass is 506 g/mol. The number of benzene rings is 3. The molecule has 0 spiro atoms. The minimum atomic E-state index is -0.947. The number of nitrogens with zero attached hydrogens (tertiary/aromatic N) is 2. The van der Waals surface area contributed by atoms with Crippen LogP contribution in [0.2, 0.25) is 0 Å². The summed E-state index contributed by atoms with van der Waals surface area (Å²) in [7, 11) is 0. The second-order valence-electron chi connectivity index (χ2n) is 7.59. The van der Waals surface area contributed by atoms with Crippen molar-refractivity contribution in [2.75, 3.05) is 6.54 Å². The van der Waals surface area contributed by atoms with Crippen LogP contribution in [0.5, 0.6) is 0 Å². The summed E-state index contributed by atoms with van der Waals surface area (Å²) in [6, 6.07) is 21.0. The van der Waals surface area contributed by atoms with Gasteiger partial charge in [0.1, 0.15) is 5.76 Å². The van der Waals surface area contributed by atoms with Gasteiger partial charge in [-0.1, -0.05) is 70.5 Å². The van der Waals surface area contributed by atoms with E-state index in [9.17, 15) is 24.8 Å². The van der Waals surface area contributed by atoms with E-state index in [4.69, 9.17) is 0 Å². The van der Waals surface area contributed by atoms with E-state index in [0.29, 0.717) is 17.5 Å². The highest BCUT2D eigenvalue weighted by Gasteiger charge is 2.46. The highest BCUT2D eigenvalue weighted by atomic mass is 79.9. The first-order chi connectivity index (χ1) is 15.9. The highest BCUT2D eigenvalue weighted by molar-refractivity contribution is 9.10. The predicted molar refractivity (Wildman–Crippen MR) is 126 cm³/mol. The molecule has 0 aromatic heterocycles. The van der Waals surface area contributed by atoms with Crippen molar-refractivity contribution in [2.24, 2.45) is 0 Å². The molecular weight excluding hydrogens is 488 g/mol. The Kier molecular flexibility index (Phi) is 6.37. The molecule has 0 bridgehead atoms. The van der Waals surface area contributed by atoms with Crippen molar-refractivity contribution >= 4 is 39.1 Å². The van der Waals surface area contributed by atoms with E-state index in [1.54, 1.807) is 30.3 Å². The lowest BCUT2D eigenvalue weighted by Crippen LogP contribution is -2.31. The molecule has 8 heteroatoms. The second-order valence-corrected chi connectivity index (χ2v) is 8.50. The van der Waals surface area contributed by atoms with Gasteiger partial charge in [-0.15, -0.1) is 0 Å². The number of rotatable bonds is 6. The lowest BCUT2D eigenvalue weighted by atomic mass is 9.95. The number of hydrogen-bond donors (Lipinski definition) is 1. The first-order valence-corrected chi connectivity index (χ1v) is 11.0. The molecule has 1 amide bonds. The number of likely N-dealkylation sites (tertiary alicyclic amines) is 1. The largest absolute Gasteiger partial charge is 0.507 e. The van der Waals surface area contributed by atoms with Crippen molar-refractivity contribution in [3.8, 4) is 0 Å². The maximum Gasteiger partial charge on any atom is 0.295 e. The zero-order valence-electron chi connectivity index (χ0n) is 17.3. The molecule has 1 aliphatic rings. The van der Waals surface area contributed by atoms with Gasteiger partial charge in [0.05, 0.1) is 16.5 Å². The minimum absolute atomic E-state index is 0.0871. The Morgan fingerprint density at radius 2 is 1.70 bits per heavy atom. The van der Waals surface area contributed by atoms with Crippen molar-refractivity contribution in [2.45, 2.75) is 12.5 Å². The first kappa shape index (κ1) is 22.4. The van der Waals surface area contributed by atoms with Crippen LogP contribution in [-0.2, 0) is 16.0 Å². The van der Waals surface area contributed by atoms with Gasteiger partial charge in [0.15, 0.2) is 0 Å². The number of non-ortho nitro benzene ring substituents is 1. The molecule has 1 N–H and O–H groups in total. The number of ketones is 1. The summed E-state index contributed by atoms with van der Waals surface area (Å²) in [6.45, 7) is 0.207. The Balaban J connectivity index is 1.82. The molecule has 0 aliphatic carbocycles. The minimum Gasteiger partial charge on any atom is -0.507 e. The molecule has 1 unspecified atom stereocenters. The molecule has 1 saturated heterocycles. The third-order valence-electron chi connectivity index (χ3n) is 5.54. The second kappa shape index (κ2) is 9.38. The third kappa shape index (κ3) is 4.56. The van der Waals surface area contributed by atoms with Gasteiger partial charge in [0, 0.05) is 28.7 Å². The molecule has 166 valence electrons. The summed E-state index contributed by atoms with van der Waals surface area (Å²) in [5.74, 6) is -1.89. The Labute approximate surface area is 198 Å². The lowest BCUT2D eigenvalue weighted by molar-refractivity contribution is -0.384. The van der Waals surface area contributed by atoms with Crippen LogP contribution in [0, 0.1) is 10.1 Å². The van der Waals surface area contributed by atoms with E-state index in [2.05, 4.69) is 15.9 Å². The van der Waals surface area contributed by atoms with E-state index < -0.39 is 22.7 Å². The standard InChI is InChI=1S/C25H19BrN2O5/c26-19-11-9-17(10-12-19)23(29)21-22(18-7-4-8-20(15-18)28(32)33)27(25(31)24(21)30)14-13-16-5-2-1-3-6-16/h1-12,15,22,29H,13-14H2/b23-21+. The fourth-order valence-electron chi connectivity index (χ4n) is 3.92. The zero-order chi connectivity index (χ0) is 23.5. The van der Waals surface area contributed by atoms with Crippen LogP contribution in [0.4, 0.5) is 5.69 Å². The van der Waals surface area contributed by atoms with Crippen molar-refractivity contribution in [3.63, 3.8) is 0 Å². The first-order valence-electron chi connectivity index (χ1n) is 10.2. The van der Waals surface area contributed by atoms with Crippen LogP contribution in [0.1, 0.15) is 22.7 Å². The van der Waals surface area contributed by atoms with E-state index >= 15 is 0 Å². The van der Waals surface area contributed by atoms with E-state index in [1.165, 1.54) is 23.1 Å². The van der Waals surface area contributed by atoms with Crippen molar-refractivity contribution in [1.29, 1.82) is 0 Å². The molecule has 0 saturated carbocycles. The van der Waals surface area contributed by atoms with Crippen molar-refractivity contribution < 1.29 is 19.6 Å². The van der Waals surface area contributed by atoms with Gasteiger partial charge in [0.25, 0.3) is 17.4 Å². The van der Waals surface area contributed by atoms with E-state index in [0.717, 1.165) is 10.0 Å². The molecule has 3 aromatic carbocycles. The average Bonchev–Trinajstić information content (AvgIpc) is 3.08. The van der Waals surface area contributed by atoms with Gasteiger partial charge in [-0.25, -0.2) is 0 Å². The normalized spacial score (nSPS) is 17.4. The maximum atomic E-state index is 13.1. The van der Waals surface area contributed by atoms with Gasteiger partial charge >= 0.3 is 0 Å². The van der Waals surface area contributed by atoms with Crippen molar-refractivity contribution in [3.05, 3.63) is 116 Å². The van der Waals surface area contributed by atoms with Crippen LogP contribution in [0.15, 0.2) is 88.9 Å². The summed E-state index contributed by atoms with van der Waals surface area (Å²) in [4.78, 5) is 38.3. The Bertz CT molecular complexity index is 1260. The van der Waals surface area contributed by atoms with Crippen LogP contribution in [0.3, 0.4) is 0 Å². The SMILES string of the molecule is O=C1C(=O)N(CCc2ccccc2)C(c2cccc([N+](=O)[O-])c2)/C1=C(\O)c1ccc(Br)cc1. The number of carbonyl (C=O) groups is 2. The Morgan fingerprint density at radius 1 is 1.00 bits per heavy atom. The number of hydrogen-bond acceptors (Lipinski definition) is 5. The summed E-state index contributed by atoms with van der Waals surface area (Å²) in [6.07, 6.45) is 0.484. The molecule has 1 aliphatic heterocycles. The number of aliphatic hydroxyl groups excluding tert-OH is 1. The fourth-order valence-corrected chi connectivity index (χ4v) is 4.19. The molecule has 33 heavy (non-hydrogen) atoms. The molecule has 3 aromatic rings. The molecule has 0 radical (unpaired) electrons. The number of nitro benzene ring substituents is 1. The Hall–Kier alpha value is -3.78. The van der Waals surface area contributed by atoms with Gasteiger partial charge in [-0.2, -0.15) is 0 Å². The van der Waals surface area contributed by atoms with Crippen LogP contribution < -0.4 is 0 Å². The topological polar surface area (TPSA) is 101 Å². The average molecular weight is 507 g/mol. The highest BCUT2D eigenvalue weighted by Crippen LogP contribution is 2.40. The number of amides is 1. The van der Waals surface area contributed by atoms with Gasteiger partial charge in [-0.05, 0) is 29.7 Å². The summed E-state index contributed by atoms with van der Waals surface area (Å²) < 4.78 is 0.789. The predicted octanol–water partition coefficient (Wildman–Crippen LogP) is 5.02. The maximum absolute atomic E-state index is 13.1. The zero-order valence-corrected chi connectivity index (χ0v) is 18.9. The lowest BCUT2D eigenvalue weighted by Gasteiger charge is -2.25. The number of carbonyl (C=O) groups excluding carboxylic acids is 2. The molecule has 1 fully saturated rings. The summed E-state index contributed by atoms with van der Waals surface area (Å²) >= 11 is 3.33.